The van der Waals surface area contributed by atoms with Crippen LogP contribution >= 0.6 is 11.6 Å². The van der Waals surface area contributed by atoms with Gasteiger partial charge in [0.2, 0.25) is 5.89 Å². The van der Waals surface area contributed by atoms with E-state index in [1.807, 2.05) is 84.9 Å². The first-order valence-electron chi connectivity index (χ1n) is 8.33. The van der Waals surface area contributed by atoms with Gasteiger partial charge in [0.1, 0.15) is 0 Å². The maximum absolute atomic E-state index is 6.01. The van der Waals surface area contributed by atoms with Crippen LogP contribution in [-0.4, -0.2) is 4.98 Å². The van der Waals surface area contributed by atoms with Gasteiger partial charge in [0.15, 0.2) is 5.76 Å². The summed E-state index contributed by atoms with van der Waals surface area (Å²) in [6.45, 7) is 0. The lowest BCUT2D eigenvalue weighted by atomic mass is 10.1. The molecule has 0 saturated carbocycles. The van der Waals surface area contributed by atoms with Crippen molar-refractivity contribution in [2.45, 2.75) is 0 Å². The Bertz CT molecular complexity index is 1030. The normalized spacial score (nSPS) is 11.1. The van der Waals surface area contributed by atoms with Crippen LogP contribution in [0, 0.1) is 0 Å². The van der Waals surface area contributed by atoms with Crippen molar-refractivity contribution >= 4 is 23.8 Å². The molecule has 1 aromatic heterocycles. The summed E-state index contributed by atoms with van der Waals surface area (Å²) in [7, 11) is 0. The van der Waals surface area contributed by atoms with Crippen LogP contribution in [-0.2, 0) is 0 Å². The molecule has 2 nitrogen and oxygen atoms in total. The van der Waals surface area contributed by atoms with Gasteiger partial charge in [0.25, 0.3) is 0 Å². The van der Waals surface area contributed by atoms with Gasteiger partial charge < -0.3 is 4.42 Å². The van der Waals surface area contributed by atoms with E-state index in [0.717, 1.165) is 33.0 Å². The lowest BCUT2D eigenvalue weighted by Crippen LogP contribution is -1.78. The molecule has 0 saturated heterocycles. The number of hydrogen-bond acceptors (Lipinski definition) is 2. The predicted octanol–water partition coefficient (Wildman–Crippen LogP) is 6.83. The largest absolute Gasteiger partial charge is 0.436 e. The highest BCUT2D eigenvalue weighted by Gasteiger charge is 2.07. The van der Waals surface area contributed by atoms with Crippen LogP contribution in [0.15, 0.2) is 89.5 Å². The lowest BCUT2D eigenvalue weighted by molar-refractivity contribution is 0.589. The van der Waals surface area contributed by atoms with Gasteiger partial charge in [0.05, 0.1) is 6.20 Å². The van der Waals surface area contributed by atoms with Crippen molar-refractivity contribution in [3.63, 3.8) is 0 Å². The highest BCUT2D eigenvalue weighted by Crippen LogP contribution is 2.26. The number of benzene rings is 3. The summed E-state index contributed by atoms with van der Waals surface area (Å²) in [5.41, 5.74) is 4.14. The molecule has 0 N–H and O–H groups in total. The van der Waals surface area contributed by atoms with Gasteiger partial charge in [-0.05, 0) is 35.4 Å². The van der Waals surface area contributed by atoms with Crippen molar-refractivity contribution < 1.29 is 4.42 Å². The molecule has 4 aromatic rings. The van der Waals surface area contributed by atoms with Crippen molar-refractivity contribution in [2.75, 3.05) is 0 Å². The number of nitrogens with zero attached hydrogens (tertiary/aromatic N) is 1. The maximum atomic E-state index is 6.01. The number of aromatic nitrogens is 1. The number of rotatable bonds is 4. The van der Waals surface area contributed by atoms with Gasteiger partial charge in [-0.15, -0.1) is 0 Å². The third kappa shape index (κ3) is 3.76. The summed E-state index contributed by atoms with van der Waals surface area (Å²) >= 11 is 6.01. The van der Waals surface area contributed by atoms with Gasteiger partial charge in [-0.2, -0.15) is 0 Å². The Morgan fingerprint density at radius 1 is 0.731 bits per heavy atom. The van der Waals surface area contributed by atoms with E-state index in [1.165, 1.54) is 0 Å². The summed E-state index contributed by atoms with van der Waals surface area (Å²) in [6, 6.07) is 25.8. The van der Waals surface area contributed by atoms with E-state index in [9.17, 15) is 0 Å². The molecule has 0 fully saturated rings. The minimum atomic E-state index is 0.620. The molecule has 0 atom stereocenters. The fourth-order valence-corrected chi connectivity index (χ4v) is 2.88. The molecule has 0 aliphatic rings. The quantitative estimate of drug-likeness (QED) is 0.374. The Kier molecular flexibility index (Phi) is 4.67. The second-order valence-corrected chi connectivity index (χ2v) is 6.34. The smallest absolute Gasteiger partial charge is 0.226 e. The molecule has 26 heavy (non-hydrogen) atoms. The molecule has 0 aliphatic carbocycles. The Balaban J connectivity index is 1.52. The standard InChI is InChI=1S/C23H16ClNO/c24-21-8-4-5-18(15-21)10-9-17-11-13-20(14-12-17)23-25-16-22(26-23)19-6-2-1-3-7-19/h1-16H. The zero-order valence-electron chi connectivity index (χ0n) is 14.0. The first kappa shape index (κ1) is 16.4. The topological polar surface area (TPSA) is 26.0 Å². The van der Waals surface area contributed by atoms with E-state index < -0.39 is 0 Å². The van der Waals surface area contributed by atoms with Crippen LogP contribution in [0.4, 0.5) is 0 Å². The molecule has 1 heterocycles. The predicted molar refractivity (Wildman–Crippen MR) is 108 cm³/mol. The van der Waals surface area contributed by atoms with Crippen molar-refractivity contribution in [1.29, 1.82) is 0 Å². The molecule has 0 unspecified atom stereocenters. The Morgan fingerprint density at radius 3 is 2.27 bits per heavy atom. The molecule has 0 radical (unpaired) electrons. The molecule has 0 aliphatic heterocycles. The molecule has 3 heteroatoms. The van der Waals surface area contributed by atoms with Gasteiger partial charge in [0, 0.05) is 16.1 Å². The molecular formula is C23H16ClNO. The fourth-order valence-electron chi connectivity index (χ4n) is 2.68. The SMILES string of the molecule is Clc1cccc(C=Cc2ccc(-c3ncc(-c4ccccc4)o3)cc2)c1. The average molecular weight is 358 g/mol. The Morgan fingerprint density at radius 2 is 1.50 bits per heavy atom. The maximum Gasteiger partial charge on any atom is 0.226 e. The minimum absolute atomic E-state index is 0.620. The Hall–Kier alpha value is -3.10. The molecular weight excluding hydrogens is 342 g/mol. The summed E-state index contributed by atoms with van der Waals surface area (Å²) in [4.78, 5) is 4.40. The van der Waals surface area contributed by atoms with E-state index in [-0.39, 0.29) is 0 Å². The zero-order chi connectivity index (χ0) is 17.8. The highest BCUT2D eigenvalue weighted by molar-refractivity contribution is 6.30. The van der Waals surface area contributed by atoms with E-state index >= 15 is 0 Å². The molecule has 0 bridgehead atoms. The summed E-state index contributed by atoms with van der Waals surface area (Å²) < 4.78 is 5.89. The van der Waals surface area contributed by atoms with Crippen LogP contribution in [0.25, 0.3) is 34.9 Å². The fraction of sp³-hybridized carbons (Fsp3) is 0. The highest BCUT2D eigenvalue weighted by atomic mass is 35.5. The number of hydrogen-bond donors (Lipinski definition) is 0. The van der Waals surface area contributed by atoms with Crippen molar-refractivity contribution in [2.24, 2.45) is 0 Å². The lowest BCUT2D eigenvalue weighted by Gasteiger charge is -1.99. The molecule has 0 amide bonds. The van der Waals surface area contributed by atoms with Crippen LogP contribution in [0.3, 0.4) is 0 Å². The van der Waals surface area contributed by atoms with Crippen LogP contribution in [0.2, 0.25) is 5.02 Å². The monoisotopic (exact) mass is 357 g/mol. The first-order valence-corrected chi connectivity index (χ1v) is 8.71. The van der Waals surface area contributed by atoms with Gasteiger partial charge >= 0.3 is 0 Å². The van der Waals surface area contributed by atoms with Crippen LogP contribution < -0.4 is 0 Å². The molecule has 0 spiro atoms. The number of oxazole rings is 1. The summed E-state index contributed by atoms with van der Waals surface area (Å²) in [5.74, 6) is 1.39. The molecule has 3 aromatic carbocycles. The third-order valence-electron chi connectivity index (χ3n) is 4.04. The minimum Gasteiger partial charge on any atom is -0.436 e. The third-order valence-corrected chi connectivity index (χ3v) is 4.27. The van der Waals surface area contributed by atoms with Crippen LogP contribution in [0.1, 0.15) is 11.1 Å². The number of halogens is 1. The Labute approximate surface area is 157 Å². The van der Waals surface area contributed by atoms with E-state index in [1.54, 1.807) is 6.20 Å². The summed E-state index contributed by atoms with van der Waals surface area (Å²) in [6.07, 6.45) is 5.86. The molecule has 4 rings (SSSR count). The van der Waals surface area contributed by atoms with E-state index in [4.69, 9.17) is 16.0 Å². The van der Waals surface area contributed by atoms with E-state index in [0.29, 0.717) is 5.89 Å². The summed E-state index contributed by atoms with van der Waals surface area (Å²) in [5, 5.41) is 0.737. The van der Waals surface area contributed by atoms with Gasteiger partial charge in [-0.25, -0.2) is 4.98 Å². The first-order chi connectivity index (χ1) is 12.8. The van der Waals surface area contributed by atoms with E-state index in [2.05, 4.69) is 11.1 Å². The van der Waals surface area contributed by atoms with Crippen molar-refractivity contribution in [3.8, 4) is 22.8 Å². The van der Waals surface area contributed by atoms with Gasteiger partial charge in [-0.1, -0.05) is 78.4 Å². The van der Waals surface area contributed by atoms with Crippen molar-refractivity contribution in [3.05, 3.63) is 101 Å². The second-order valence-electron chi connectivity index (χ2n) is 5.91. The van der Waals surface area contributed by atoms with Gasteiger partial charge in [-0.3, -0.25) is 0 Å². The van der Waals surface area contributed by atoms with Crippen LogP contribution in [0.5, 0.6) is 0 Å². The molecule has 126 valence electrons. The van der Waals surface area contributed by atoms with Crippen molar-refractivity contribution in [1.82, 2.24) is 4.98 Å². The second kappa shape index (κ2) is 7.42. The average Bonchev–Trinajstić information content (AvgIpc) is 3.18. The zero-order valence-corrected chi connectivity index (χ0v) is 14.7.